The van der Waals surface area contributed by atoms with Crippen LogP contribution in [0.1, 0.15) is 20.3 Å². The smallest absolute Gasteiger partial charge is 0.454 e. The summed E-state index contributed by atoms with van der Waals surface area (Å²) in [6, 6.07) is 0. The normalized spacial score (nSPS) is 23.5. The zero-order chi connectivity index (χ0) is 17.1. The summed E-state index contributed by atoms with van der Waals surface area (Å²) in [7, 11) is 0. The molecule has 0 unspecified atom stereocenters. The average molecular weight is 336 g/mol. The van der Waals surface area contributed by atoms with E-state index in [9.17, 15) is 31.1 Å². The molecule has 0 spiro atoms. The molecule has 0 N–H and O–H groups in total. The van der Waals surface area contributed by atoms with Crippen LogP contribution in [0, 0.1) is 0 Å². The van der Waals surface area contributed by atoms with E-state index in [-0.39, 0.29) is 13.2 Å². The Bertz CT molecular complexity index is 440. The lowest BCUT2D eigenvalue weighted by Crippen LogP contribution is -2.42. The van der Waals surface area contributed by atoms with Gasteiger partial charge in [-0.1, -0.05) is 0 Å². The SMILES string of the molecule is CCO[C@@H]1C[C@@H](OCC)C(C(=O)C(F)(F)F)=C(C(F)(F)F)O1. The maximum Gasteiger partial charge on any atom is 0.454 e. The zero-order valence-electron chi connectivity index (χ0n) is 11.7. The van der Waals surface area contributed by atoms with E-state index in [0.29, 0.717) is 0 Å². The largest absolute Gasteiger partial charge is 0.459 e. The lowest BCUT2D eigenvalue weighted by Gasteiger charge is -2.33. The van der Waals surface area contributed by atoms with Crippen molar-refractivity contribution in [2.75, 3.05) is 13.2 Å². The molecular weight excluding hydrogens is 322 g/mol. The molecule has 0 radical (unpaired) electrons. The van der Waals surface area contributed by atoms with Crippen LogP contribution in [0.25, 0.3) is 0 Å². The minimum atomic E-state index is -5.47. The van der Waals surface area contributed by atoms with Crippen LogP contribution in [-0.2, 0) is 19.0 Å². The maximum atomic E-state index is 13.0. The van der Waals surface area contributed by atoms with Crippen LogP contribution in [0.5, 0.6) is 0 Å². The van der Waals surface area contributed by atoms with Crippen LogP contribution in [-0.4, -0.2) is 43.7 Å². The first kappa shape index (κ1) is 18.8. The van der Waals surface area contributed by atoms with Gasteiger partial charge in [0.1, 0.15) is 0 Å². The van der Waals surface area contributed by atoms with Crippen molar-refractivity contribution in [3.8, 4) is 0 Å². The van der Waals surface area contributed by atoms with Gasteiger partial charge >= 0.3 is 12.4 Å². The van der Waals surface area contributed by atoms with E-state index in [0.717, 1.165) is 0 Å². The summed E-state index contributed by atoms with van der Waals surface area (Å²) in [6.45, 7) is 2.67. The van der Waals surface area contributed by atoms with Gasteiger partial charge in [0.25, 0.3) is 5.78 Å². The molecule has 1 heterocycles. The van der Waals surface area contributed by atoms with Crippen LogP contribution in [0.4, 0.5) is 26.3 Å². The van der Waals surface area contributed by atoms with E-state index in [4.69, 9.17) is 9.47 Å². The van der Waals surface area contributed by atoms with E-state index >= 15 is 0 Å². The van der Waals surface area contributed by atoms with Crippen molar-refractivity contribution < 1.29 is 45.3 Å². The molecule has 0 bridgehead atoms. The summed E-state index contributed by atoms with van der Waals surface area (Å²) in [5, 5.41) is 0. The molecule has 0 saturated heterocycles. The van der Waals surface area contributed by atoms with Gasteiger partial charge in [-0.15, -0.1) is 0 Å². The third kappa shape index (κ3) is 4.35. The number of halogens is 6. The Kier molecular flexibility index (Phi) is 5.85. The summed E-state index contributed by atoms with van der Waals surface area (Å²) in [6.07, 6.45) is -14.3. The minimum absolute atomic E-state index is 0.0167. The predicted molar refractivity (Wildman–Crippen MR) is 60.7 cm³/mol. The number of Topliss-reactive ketones (excluding diaryl/α,β-unsaturated/α-hetero) is 1. The topological polar surface area (TPSA) is 44.8 Å². The molecule has 22 heavy (non-hydrogen) atoms. The molecule has 0 aliphatic carbocycles. The maximum absolute atomic E-state index is 13.0. The van der Waals surface area contributed by atoms with Gasteiger partial charge in [-0.3, -0.25) is 4.79 Å². The number of hydrogen-bond acceptors (Lipinski definition) is 4. The molecule has 0 aromatic rings. The van der Waals surface area contributed by atoms with Crippen LogP contribution in [0.3, 0.4) is 0 Å². The number of carbonyl (C=O) groups excluding carboxylic acids is 1. The van der Waals surface area contributed by atoms with Gasteiger partial charge < -0.3 is 14.2 Å². The lowest BCUT2D eigenvalue weighted by atomic mass is 9.97. The van der Waals surface area contributed by atoms with E-state index < -0.39 is 48.3 Å². The van der Waals surface area contributed by atoms with Crippen molar-refractivity contribution in [2.24, 2.45) is 0 Å². The fourth-order valence-electron chi connectivity index (χ4n) is 1.94. The first-order valence-corrected chi connectivity index (χ1v) is 6.35. The number of ketones is 1. The molecule has 2 atom stereocenters. The molecule has 128 valence electrons. The van der Waals surface area contributed by atoms with Gasteiger partial charge in [0, 0.05) is 19.6 Å². The zero-order valence-corrected chi connectivity index (χ0v) is 11.7. The Morgan fingerprint density at radius 1 is 1.14 bits per heavy atom. The van der Waals surface area contributed by atoms with Gasteiger partial charge in [0.2, 0.25) is 12.0 Å². The van der Waals surface area contributed by atoms with Crippen LogP contribution < -0.4 is 0 Å². The second-order valence-electron chi connectivity index (χ2n) is 4.25. The van der Waals surface area contributed by atoms with Crippen molar-refractivity contribution in [3.63, 3.8) is 0 Å². The van der Waals surface area contributed by atoms with Gasteiger partial charge in [-0.2, -0.15) is 26.3 Å². The van der Waals surface area contributed by atoms with Gasteiger partial charge in [0.05, 0.1) is 11.7 Å². The number of rotatable bonds is 5. The van der Waals surface area contributed by atoms with Crippen molar-refractivity contribution in [1.82, 2.24) is 0 Å². The number of hydrogen-bond donors (Lipinski definition) is 0. The molecule has 1 aliphatic rings. The Hall–Kier alpha value is -1.29. The molecule has 10 heteroatoms. The molecule has 4 nitrogen and oxygen atoms in total. The Balaban J connectivity index is 3.36. The van der Waals surface area contributed by atoms with Crippen LogP contribution >= 0.6 is 0 Å². The summed E-state index contributed by atoms with van der Waals surface area (Å²) in [4.78, 5) is 11.3. The highest BCUT2D eigenvalue weighted by atomic mass is 19.4. The minimum Gasteiger partial charge on any atom is -0.459 e. The van der Waals surface area contributed by atoms with E-state index in [1.807, 2.05) is 0 Å². The van der Waals surface area contributed by atoms with Crippen molar-refractivity contribution in [1.29, 1.82) is 0 Å². The number of allylic oxidation sites excluding steroid dienone is 1. The number of alkyl halides is 6. The van der Waals surface area contributed by atoms with Gasteiger partial charge in [0.15, 0.2) is 0 Å². The Morgan fingerprint density at radius 3 is 2.09 bits per heavy atom. The van der Waals surface area contributed by atoms with E-state index in [2.05, 4.69) is 4.74 Å². The highest BCUT2D eigenvalue weighted by Gasteiger charge is 2.53. The van der Waals surface area contributed by atoms with Gasteiger partial charge in [-0.25, -0.2) is 0 Å². The third-order valence-electron chi connectivity index (χ3n) is 2.70. The summed E-state index contributed by atoms with van der Waals surface area (Å²) < 4.78 is 90.7. The summed E-state index contributed by atoms with van der Waals surface area (Å²) >= 11 is 0. The summed E-state index contributed by atoms with van der Waals surface area (Å²) in [5.74, 6) is -4.65. The first-order chi connectivity index (χ1) is 10.0. The predicted octanol–water partition coefficient (Wildman–Crippen LogP) is 3.12. The molecule has 1 rings (SSSR count). The fraction of sp³-hybridized carbons (Fsp3) is 0.750. The first-order valence-electron chi connectivity index (χ1n) is 6.35. The fourth-order valence-corrected chi connectivity index (χ4v) is 1.94. The Morgan fingerprint density at radius 2 is 1.68 bits per heavy atom. The van der Waals surface area contributed by atoms with Crippen molar-refractivity contribution in [2.45, 2.75) is 45.0 Å². The van der Waals surface area contributed by atoms with Crippen molar-refractivity contribution in [3.05, 3.63) is 11.3 Å². The summed E-state index contributed by atoms with van der Waals surface area (Å²) in [5.41, 5.74) is -1.57. The standard InChI is InChI=1S/C12H14F6O4/c1-3-20-6-5-7(21-4-2)22-10(12(16,17)18)8(6)9(19)11(13,14)15/h6-7H,3-5H2,1-2H3/t6-,7+/m1/s1. The van der Waals surface area contributed by atoms with Crippen LogP contribution in [0.15, 0.2) is 11.3 Å². The van der Waals surface area contributed by atoms with Crippen molar-refractivity contribution >= 4 is 5.78 Å². The average Bonchev–Trinajstić information content (AvgIpc) is 2.36. The molecular formula is C12H14F6O4. The molecule has 0 aromatic heterocycles. The number of ether oxygens (including phenoxy) is 3. The molecule has 1 aliphatic heterocycles. The highest BCUT2D eigenvalue weighted by molar-refractivity contribution is 6.01. The van der Waals surface area contributed by atoms with E-state index in [1.54, 1.807) is 0 Å². The lowest BCUT2D eigenvalue weighted by molar-refractivity contribution is -0.210. The second-order valence-corrected chi connectivity index (χ2v) is 4.25. The number of carbonyl (C=O) groups is 1. The highest BCUT2D eigenvalue weighted by Crippen LogP contribution is 2.40. The molecule has 0 amide bonds. The van der Waals surface area contributed by atoms with Gasteiger partial charge in [-0.05, 0) is 13.8 Å². The quantitative estimate of drug-likeness (QED) is 0.724. The van der Waals surface area contributed by atoms with Crippen LogP contribution in [0.2, 0.25) is 0 Å². The second kappa shape index (κ2) is 6.86. The Labute approximate surface area is 122 Å². The molecule has 0 fully saturated rings. The molecule has 0 saturated carbocycles. The molecule has 0 aromatic carbocycles. The monoisotopic (exact) mass is 336 g/mol. The van der Waals surface area contributed by atoms with E-state index in [1.165, 1.54) is 13.8 Å². The third-order valence-corrected chi connectivity index (χ3v) is 2.70.